The molecule has 0 aromatic rings. The third-order valence-corrected chi connectivity index (χ3v) is 4.36. The lowest BCUT2D eigenvalue weighted by Crippen LogP contribution is -2.38. The maximum Gasteiger partial charge on any atom is 0.321 e. The minimum atomic E-state index is -3.39. The smallest absolute Gasteiger partial charge is 0.321 e. The van der Waals surface area contributed by atoms with Gasteiger partial charge in [-0.2, -0.15) is 4.31 Å². The Morgan fingerprint density at radius 3 is 2.47 bits per heavy atom. The number of unbranched alkanes of at least 4 members (excludes halogenated alkanes) is 1. The van der Waals surface area contributed by atoms with Crippen LogP contribution in [0.1, 0.15) is 26.2 Å². The Balaban J connectivity index is 4.49. The highest BCUT2D eigenvalue weighted by Crippen LogP contribution is 2.07. The van der Waals surface area contributed by atoms with Gasteiger partial charge in [0.05, 0.1) is 12.9 Å². The summed E-state index contributed by atoms with van der Waals surface area (Å²) in [6, 6.07) is 0. The Labute approximate surface area is 108 Å². The summed E-state index contributed by atoms with van der Waals surface area (Å²) >= 11 is 5.50. The Morgan fingerprint density at radius 2 is 2.00 bits per heavy atom. The summed E-state index contributed by atoms with van der Waals surface area (Å²) in [6.07, 6.45) is 1.82. The summed E-state index contributed by atoms with van der Waals surface area (Å²) in [4.78, 5) is 11.1. The number of sulfonamides is 1. The van der Waals surface area contributed by atoms with E-state index in [1.165, 1.54) is 11.4 Å². The second-order valence-corrected chi connectivity index (χ2v) is 6.09. The molecule has 0 aromatic heterocycles. The number of carbonyl (C=O) groups is 1. The van der Waals surface area contributed by atoms with Crippen LogP contribution >= 0.6 is 11.6 Å². The van der Waals surface area contributed by atoms with Crippen molar-refractivity contribution in [3.8, 4) is 0 Å². The third kappa shape index (κ3) is 6.85. The number of alkyl halides is 1. The molecule has 5 nitrogen and oxygen atoms in total. The van der Waals surface area contributed by atoms with E-state index in [4.69, 9.17) is 11.6 Å². The van der Waals surface area contributed by atoms with E-state index in [0.717, 1.165) is 0 Å². The maximum atomic E-state index is 11.9. The average Bonchev–Trinajstić information content (AvgIpc) is 2.28. The molecule has 0 spiro atoms. The molecule has 0 aliphatic carbocycles. The molecule has 17 heavy (non-hydrogen) atoms. The van der Waals surface area contributed by atoms with E-state index in [0.29, 0.717) is 31.7 Å². The largest absolute Gasteiger partial charge is 0.468 e. The van der Waals surface area contributed by atoms with E-state index in [2.05, 4.69) is 4.74 Å². The fourth-order valence-electron chi connectivity index (χ4n) is 1.28. The second-order valence-electron chi connectivity index (χ2n) is 3.62. The SMILES string of the molecule is CCCN(CC(=O)OC)S(=O)(=O)CCCCCl. The van der Waals surface area contributed by atoms with Gasteiger partial charge in [-0.1, -0.05) is 6.92 Å². The van der Waals surface area contributed by atoms with E-state index < -0.39 is 16.0 Å². The van der Waals surface area contributed by atoms with Crippen LogP contribution in [0.15, 0.2) is 0 Å². The van der Waals surface area contributed by atoms with Crippen LogP contribution in [-0.4, -0.2) is 50.5 Å². The summed E-state index contributed by atoms with van der Waals surface area (Å²) in [5, 5.41) is 0. The number of esters is 1. The monoisotopic (exact) mass is 285 g/mol. The predicted molar refractivity (Wildman–Crippen MR) is 67.6 cm³/mol. The third-order valence-electron chi connectivity index (χ3n) is 2.19. The molecule has 0 rings (SSSR count). The molecule has 0 heterocycles. The lowest BCUT2D eigenvalue weighted by molar-refractivity contribution is -0.140. The highest BCUT2D eigenvalue weighted by molar-refractivity contribution is 7.89. The van der Waals surface area contributed by atoms with Gasteiger partial charge in [-0.15, -0.1) is 11.6 Å². The van der Waals surface area contributed by atoms with Crippen LogP contribution in [0.25, 0.3) is 0 Å². The van der Waals surface area contributed by atoms with Crippen LogP contribution < -0.4 is 0 Å². The van der Waals surface area contributed by atoms with Gasteiger partial charge in [0.15, 0.2) is 0 Å². The summed E-state index contributed by atoms with van der Waals surface area (Å²) in [5.74, 6) is -0.0730. The first kappa shape index (κ1) is 16.7. The highest BCUT2D eigenvalue weighted by Gasteiger charge is 2.23. The lowest BCUT2D eigenvalue weighted by atomic mass is 10.4. The summed E-state index contributed by atoms with van der Waals surface area (Å²) in [7, 11) is -2.15. The lowest BCUT2D eigenvalue weighted by Gasteiger charge is -2.20. The number of carbonyl (C=O) groups excluding carboxylic acids is 1. The molecule has 0 aromatic carbocycles. The number of hydrogen-bond donors (Lipinski definition) is 0. The average molecular weight is 286 g/mol. The van der Waals surface area contributed by atoms with Crippen molar-refractivity contribution >= 4 is 27.6 Å². The van der Waals surface area contributed by atoms with Gasteiger partial charge in [0.1, 0.15) is 6.54 Å². The van der Waals surface area contributed by atoms with Gasteiger partial charge in [0, 0.05) is 12.4 Å². The van der Waals surface area contributed by atoms with Crippen molar-refractivity contribution in [3.05, 3.63) is 0 Å². The number of ether oxygens (including phenoxy) is 1. The van der Waals surface area contributed by atoms with Gasteiger partial charge in [-0.3, -0.25) is 4.79 Å². The molecular weight excluding hydrogens is 266 g/mol. The molecule has 0 fully saturated rings. The van der Waals surface area contributed by atoms with E-state index >= 15 is 0 Å². The first-order valence-electron chi connectivity index (χ1n) is 5.58. The van der Waals surface area contributed by atoms with Crippen molar-refractivity contribution < 1.29 is 17.9 Å². The van der Waals surface area contributed by atoms with Crippen molar-refractivity contribution in [2.45, 2.75) is 26.2 Å². The molecule has 0 bridgehead atoms. The number of methoxy groups -OCH3 is 1. The van der Waals surface area contributed by atoms with Crippen molar-refractivity contribution in [2.75, 3.05) is 31.8 Å². The van der Waals surface area contributed by atoms with Crippen LogP contribution in [0.2, 0.25) is 0 Å². The topological polar surface area (TPSA) is 63.7 Å². The molecule has 0 amide bonds. The van der Waals surface area contributed by atoms with E-state index in [9.17, 15) is 13.2 Å². The molecule has 0 aliphatic heterocycles. The Kier molecular flexibility index (Phi) is 8.55. The van der Waals surface area contributed by atoms with Crippen molar-refractivity contribution in [1.29, 1.82) is 0 Å². The summed E-state index contributed by atoms with van der Waals surface area (Å²) in [5.41, 5.74) is 0. The molecule has 0 radical (unpaired) electrons. The zero-order chi connectivity index (χ0) is 13.3. The van der Waals surface area contributed by atoms with Gasteiger partial charge in [-0.25, -0.2) is 8.42 Å². The van der Waals surface area contributed by atoms with Crippen LogP contribution in [0.4, 0.5) is 0 Å². The van der Waals surface area contributed by atoms with E-state index in [-0.39, 0.29) is 12.3 Å². The van der Waals surface area contributed by atoms with Gasteiger partial charge >= 0.3 is 5.97 Å². The molecule has 0 saturated carbocycles. The number of rotatable bonds is 9. The molecule has 7 heteroatoms. The van der Waals surface area contributed by atoms with Crippen molar-refractivity contribution in [3.63, 3.8) is 0 Å². The number of halogens is 1. The number of nitrogens with zero attached hydrogens (tertiary/aromatic N) is 1. The Bertz CT molecular complexity index is 318. The standard InChI is InChI=1S/C10H20ClNO4S/c1-3-7-12(9-10(13)16-2)17(14,15)8-5-4-6-11/h3-9H2,1-2H3. The quantitative estimate of drug-likeness (QED) is 0.363. The summed E-state index contributed by atoms with van der Waals surface area (Å²) < 4.78 is 29.5. The molecule has 0 N–H and O–H groups in total. The molecule has 0 unspecified atom stereocenters. The molecule has 0 aliphatic rings. The molecule has 0 atom stereocenters. The van der Waals surface area contributed by atoms with Crippen LogP contribution in [0.5, 0.6) is 0 Å². The van der Waals surface area contributed by atoms with Crippen molar-refractivity contribution in [1.82, 2.24) is 4.31 Å². The summed E-state index contributed by atoms with van der Waals surface area (Å²) in [6.45, 7) is 1.98. The fraction of sp³-hybridized carbons (Fsp3) is 0.900. The fourth-order valence-corrected chi connectivity index (χ4v) is 3.06. The molecular formula is C10H20ClNO4S. The zero-order valence-corrected chi connectivity index (χ0v) is 11.9. The minimum Gasteiger partial charge on any atom is -0.468 e. The normalized spacial score (nSPS) is 11.8. The van der Waals surface area contributed by atoms with Crippen LogP contribution in [-0.2, 0) is 19.6 Å². The molecule has 0 saturated heterocycles. The Morgan fingerprint density at radius 1 is 1.35 bits per heavy atom. The van der Waals surface area contributed by atoms with Crippen molar-refractivity contribution in [2.24, 2.45) is 0 Å². The van der Waals surface area contributed by atoms with Crippen LogP contribution in [0, 0.1) is 0 Å². The Hall–Kier alpha value is -0.330. The number of hydrogen-bond acceptors (Lipinski definition) is 4. The van der Waals surface area contributed by atoms with Gasteiger partial charge < -0.3 is 4.74 Å². The second kappa shape index (κ2) is 8.72. The van der Waals surface area contributed by atoms with Crippen LogP contribution in [0.3, 0.4) is 0 Å². The minimum absolute atomic E-state index is 0.0245. The molecule has 102 valence electrons. The predicted octanol–water partition coefficient (Wildman–Crippen LogP) is 1.22. The van der Waals surface area contributed by atoms with E-state index in [1.807, 2.05) is 6.92 Å². The van der Waals surface area contributed by atoms with Gasteiger partial charge in [-0.05, 0) is 19.3 Å². The van der Waals surface area contributed by atoms with Gasteiger partial charge in [0.25, 0.3) is 0 Å². The highest BCUT2D eigenvalue weighted by atomic mass is 35.5. The van der Waals surface area contributed by atoms with Gasteiger partial charge in [0.2, 0.25) is 10.0 Å². The maximum absolute atomic E-state index is 11.9. The first-order valence-corrected chi connectivity index (χ1v) is 7.73. The zero-order valence-electron chi connectivity index (χ0n) is 10.3. The van der Waals surface area contributed by atoms with E-state index in [1.54, 1.807) is 0 Å². The first-order chi connectivity index (χ1) is 7.97.